The van der Waals surface area contributed by atoms with E-state index < -0.39 is 12.0 Å². The lowest BCUT2D eigenvalue weighted by molar-refractivity contribution is -0.139. The number of phenols is 1. The van der Waals surface area contributed by atoms with Crippen molar-refractivity contribution in [3.8, 4) is 11.5 Å². The minimum atomic E-state index is -0.530. The van der Waals surface area contributed by atoms with Gasteiger partial charge in [0.1, 0.15) is 0 Å². The first kappa shape index (κ1) is 21.6. The summed E-state index contributed by atoms with van der Waals surface area (Å²) >= 11 is 5.67. The molecule has 7 heteroatoms. The SMILES string of the molecule is CCOC(=O)C1=C(C)N(c2cccc(C)c2)C(=S)NC1c1ccc(O)c(OCC)c1. The number of hydrogen-bond acceptors (Lipinski definition) is 5. The van der Waals surface area contributed by atoms with Crippen LogP contribution in [0.15, 0.2) is 53.7 Å². The van der Waals surface area contributed by atoms with E-state index in [2.05, 4.69) is 5.32 Å². The van der Waals surface area contributed by atoms with Crippen molar-refractivity contribution in [2.45, 2.75) is 33.7 Å². The number of ether oxygens (including phenoxy) is 2. The van der Waals surface area contributed by atoms with E-state index in [1.807, 2.05) is 49.9 Å². The smallest absolute Gasteiger partial charge is 0.338 e. The van der Waals surface area contributed by atoms with Crippen LogP contribution < -0.4 is 15.0 Å². The van der Waals surface area contributed by atoms with Crippen LogP contribution in [0, 0.1) is 6.92 Å². The Morgan fingerprint density at radius 1 is 1.17 bits per heavy atom. The predicted octanol–water partition coefficient (Wildman–Crippen LogP) is 4.37. The topological polar surface area (TPSA) is 71.0 Å². The molecular weight excluding hydrogens is 400 g/mol. The van der Waals surface area contributed by atoms with E-state index in [-0.39, 0.29) is 12.4 Å². The summed E-state index contributed by atoms with van der Waals surface area (Å²) in [6.07, 6.45) is 0. The maximum Gasteiger partial charge on any atom is 0.338 e. The van der Waals surface area contributed by atoms with Crippen molar-refractivity contribution < 1.29 is 19.4 Å². The Morgan fingerprint density at radius 3 is 2.60 bits per heavy atom. The molecule has 1 atom stereocenters. The molecule has 0 spiro atoms. The van der Waals surface area contributed by atoms with Crippen molar-refractivity contribution in [1.82, 2.24) is 5.32 Å². The number of rotatable bonds is 6. The maximum atomic E-state index is 12.9. The number of anilines is 1. The first-order valence-electron chi connectivity index (χ1n) is 9.88. The molecule has 3 rings (SSSR count). The Labute approximate surface area is 182 Å². The van der Waals surface area contributed by atoms with Crippen LogP contribution >= 0.6 is 12.2 Å². The van der Waals surface area contributed by atoms with E-state index in [9.17, 15) is 9.90 Å². The third kappa shape index (κ3) is 4.26. The van der Waals surface area contributed by atoms with Crippen LogP contribution in [0.25, 0.3) is 0 Å². The van der Waals surface area contributed by atoms with Crippen molar-refractivity contribution >= 4 is 29.0 Å². The number of aromatic hydroxyl groups is 1. The first-order valence-corrected chi connectivity index (χ1v) is 10.3. The minimum Gasteiger partial charge on any atom is -0.504 e. The van der Waals surface area contributed by atoms with Gasteiger partial charge in [-0.25, -0.2) is 4.79 Å². The summed E-state index contributed by atoms with van der Waals surface area (Å²) in [7, 11) is 0. The molecule has 2 aromatic rings. The number of carbonyl (C=O) groups excluding carboxylic acids is 1. The van der Waals surface area contributed by atoms with Gasteiger partial charge in [-0.2, -0.15) is 0 Å². The molecule has 0 bridgehead atoms. The van der Waals surface area contributed by atoms with Crippen molar-refractivity contribution in [1.29, 1.82) is 0 Å². The quantitative estimate of drug-likeness (QED) is 0.525. The lowest BCUT2D eigenvalue weighted by atomic mass is 9.94. The zero-order valence-electron chi connectivity index (χ0n) is 17.6. The number of hydrogen-bond donors (Lipinski definition) is 2. The number of aryl methyl sites for hydroxylation is 1. The van der Waals surface area contributed by atoms with Crippen LogP contribution in [0.4, 0.5) is 5.69 Å². The molecule has 1 unspecified atom stereocenters. The van der Waals surface area contributed by atoms with Gasteiger partial charge >= 0.3 is 5.97 Å². The van der Waals surface area contributed by atoms with Gasteiger partial charge in [-0.15, -0.1) is 0 Å². The normalized spacial score (nSPS) is 16.3. The summed E-state index contributed by atoms with van der Waals surface area (Å²) in [4.78, 5) is 14.8. The highest BCUT2D eigenvalue weighted by atomic mass is 32.1. The molecule has 1 heterocycles. The van der Waals surface area contributed by atoms with Gasteiger partial charge in [-0.3, -0.25) is 4.90 Å². The number of allylic oxidation sites excluding steroid dienone is 1. The molecule has 0 amide bonds. The van der Waals surface area contributed by atoms with Crippen LogP contribution in [0.5, 0.6) is 11.5 Å². The van der Waals surface area contributed by atoms with Crippen LogP contribution in [-0.4, -0.2) is 29.4 Å². The van der Waals surface area contributed by atoms with Crippen LogP contribution in [0.3, 0.4) is 0 Å². The van der Waals surface area contributed by atoms with Gasteiger partial charge < -0.3 is 19.9 Å². The summed E-state index contributed by atoms with van der Waals surface area (Å²) < 4.78 is 10.9. The molecular formula is C23H26N2O4S. The lowest BCUT2D eigenvalue weighted by Gasteiger charge is -2.37. The average molecular weight is 427 g/mol. The van der Waals surface area contributed by atoms with Crippen molar-refractivity contribution in [2.75, 3.05) is 18.1 Å². The van der Waals surface area contributed by atoms with Crippen LogP contribution in [-0.2, 0) is 9.53 Å². The average Bonchev–Trinajstić information content (AvgIpc) is 2.69. The molecule has 2 aromatic carbocycles. The molecule has 0 radical (unpaired) electrons. The van der Waals surface area contributed by atoms with E-state index >= 15 is 0 Å². The second-order valence-electron chi connectivity index (χ2n) is 6.94. The standard InChI is InChI=1S/C23H26N2O4S/c1-5-28-19-13-16(10-11-18(19)26)21-20(22(27)29-6-2)15(4)25(23(30)24-21)17-9-7-8-14(3)12-17/h7-13,21,26H,5-6H2,1-4H3,(H,24,30). The Kier molecular flexibility index (Phi) is 6.62. The lowest BCUT2D eigenvalue weighted by Crippen LogP contribution is -2.48. The number of nitrogens with zero attached hydrogens (tertiary/aromatic N) is 1. The van der Waals surface area contributed by atoms with Gasteiger partial charge in [0.2, 0.25) is 0 Å². The van der Waals surface area contributed by atoms with Gasteiger partial charge in [0, 0.05) is 11.4 Å². The Morgan fingerprint density at radius 2 is 1.93 bits per heavy atom. The molecule has 0 saturated heterocycles. The Bertz CT molecular complexity index is 1000. The van der Waals surface area contributed by atoms with Gasteiger partial charge in [-0.1, -0.05) is 18.2 Å². The highest BCUT2D eigenvalue weighted by Gasteiger charge is 2.35. The van der Waals surface area contributed by atoms with Gasteiger partial charge in [0.25, 0.3) is 0 Å². The van der Waals surface area contributed by atoms with Crippen molar-refractivity contribution in [3.05, 3.63) is 64.9 Å². The van der Waals surface area contributed by atoms with E-state index in [4.69, 9.17) is 21.7 Å². The number of thiocarbonyl (C=S) groups is 1. The fraction of sp³-hybridized carbons (Fsp3) is 0.304. The molecule has 0 saturated carbocycles. The van der Waals surface area contributed by atoms with Crippen LogP contribution in [0.1, 0.15) is 37.9 Å². The van der Waals surface area contributed by atoms with Gasteiger partial charge in [0.15, 0.2) is 16.6 Å². The zero-order chi connectivity index (χ0) is 21.8. The van der Waals surface area contributed by atoms with E-state index in [1.54, 1.807) is 25.1 Å². The van der Waals surface area contributed by atoms with Crippen LogP contribution in [0.2, 0.25) is 0 Å². The highest BCUT2D eigenvalue weighted by Crippen LogP contribution is 2.37. The Hall–Kier alpha value is -3.06. The molecule has 1 aliphatic heterocycles. The number of benzene rings is 2. The highest BCUT2D eigenvalue weighted by molar-refractivity contribution is 7.80. The van der Waals surface area contributed by atoms with E-state index in [1.165, 1.54) is 0 Å². The molecule has 0 aromatic heterocycles. The molecule has 0 aliphatic carbocycles. The fourth-order valence-electron chi connectivity index (χ4n) is 3.53. The molecule has 30 heavy (non-hydrogen) atoms. The first-order chi connectivity index (χ1) is 14.4. The monoisotopic (exact) mass is 426 g/mol. The summed E-state index contributed by atoms with van der Waals surface area (Å²) in [5.41, 5.74) is 3.84. The fourth-order valence-corrected chi connectivity index (χ4v) is 3.89. The van der Waals surface area contributed by atoms with E-state index in [0.29, 0.717) is 28.7 Å². The van der Waals surface area contributed by atoms with Gasteiger partial charge in [0.05, 0.1) is 24.8 Å². The second-order valence-corrected chi connectivity index (χ2v) is 7.32. The third-order valence-electron chi connectivity index (χ3n) is 4.86. The summed E-state index contributed by atoms with van der Waals surface area (Å²) in [6.45, 7) is 8.15. The predicted molar refractivity (Wildman–Crippen MR) is 121 cm³/mol. The molecule has 6 nitrogen and oxygen atoms in total. The van der Waals surface area contributed by atoms with Crippen molar-refractivity contribution in [2.24, 2.45) is 0 Å². The molecule has 1 aliphatic rings. The number of esters is 1. The summed E-state index contributed by atoms with van der Waals surface area (Å²) in [6, 6.07) is 12.4. The summed E-state index contributed by atoms with van der Waals surface area (Å²) in [5, 5.41) is 13.8. The van der Waals surface area contributed by atoms with E-state index in [0.717, 1.165) is 16.8 Å². The maximum absolute atomic E-state index is 12.9. The van der Waals surface area contributed by atoms with Crippen molar-refractivity contribution in [3.63, 3.8) is 0 Å². The number of nitrogens with one attached hydrogen (secondary N) is 1. The van der Waals surface area contributed by atoms with Gasteiger partial charge in [-0.05, 0) is 75.3 Å². The second kappa shape index (κ2) is 9.17. The Balaban J connectivity index is 2.13. The minimum absolute atomic E-state index is 0.0405. The third-order valence-corrected chi connectivity index (χ3v) is 5.16. The summed E-state index contributed by atoms with van der Waals surface area (Å²) in [5.74, 6) is -0.0258. The number of carbonyl (C=O) groups is 1. The zero-order valence-corrected chi connectivity index (χ0v) is 18.4. The molecule has 2 N–H and O–H groups in total. The number of phenolic OH excluding ortho intramolecular Hbond substituents is 1. The molecule has 0 fully saturated rings. The molecule has 158 valence electrons. The largest absolute Gasteiger partial charge is 0.504 e.